The number of rotatable bonds is 5. The maximum atomic E-state index is 12.6. The highest BCUT2D eigenvalue weighted by Gasteiger charge is 2.29. The lowest BCUT2D eigenvalue weighted by atomic mass is 10.2. The topological polar surface area (TPSA) is 122 Å². The van der Waals surface area contributed by atoms with Gasteiger partial charge in [0, 0.05) is 52.3 Å². The average molecular weight is 550 g/mol. The third-order valence-corrected chi connectivity index (χ3v) is 7.12. The molecule has 0 atom stereocenters. The zero-order valence-corrected chi connectivity index (χ0v) is 20.0. The third kappa shape index (κ3) is 5.11. The first-order valence-corrected chi connectivity index (χ1v) is 11.4. The van der Waals surface area contributed by atoms with Crippen molar-refractivity contribution < 1.29 is 12.9 Å². The first-order valence-electron chi connectivity index (χ1n) is 9.80. The molecule has 2 aromatic heterocycles. The van der Waals surface area contributed by atoms with E-state index in [2.05, 4.69) is 35.1 Å². The molecule has 0 amide bonds. The molecule has 4 rings (SSSR count). The van der Waals surface area contributed by atoms with Gasteiger partial charge in [0.05, 0.1) is 12.2 Å². The second-order valence-corrected chi connectivity index (χ2v) is 9.14. The average Bonchev–Trinajstić information content (AvgIpc) is 3.38. The van der Waals surface area contributed by atoms with Crippen LogP contribution in [0.4, 0.5) is 0 Å². The number of aryl methyl sites for hydroxylation is 1. The summed E-state index contributed by atoms with van der Waals surface area (Å²) in [6.07, 6.45) is 4.67. The van der Waals surface area contributed by atoms with Crippen LogP contribution < -0.4 is 5.32 Å². The molecule has 0 saturated carbocycles. The van der Waals surface area contributed by atoms with Gasteiger partial charge >= 0.3 is 0 Å². The minimum absolute atomic E-state index is 0. The molecule has 0 aliphatic carbocycles. The Hall–Kier alpha value is -1.74. The van der Waals surface area contributed by atoms with E-state index in [-0.39, 0.29) is 29.7 Å². The van der Waals surface area contributed by atoms with E-state index in [9.17, 15) is 8.42 Å². The lowest BCUT2D eigenvalue weighted by Gasteiger charge is -2.35. The summed E-state index contributed by atoms with van der Waals surface area (Å²) >= 11 is 0. The molecule has 0 aromatic carbocycles. The van der Waals surface area contributed by atoms with Crippen LogP contribution in [0.3, 0.4) is 0 Å². The Morgan fingerprint density at radius 3 is 2.70 bits per heavy atom. The number of guanidine groups is 1. The van der Waals surface area contributed by atoms with E-state index in [4.69, 9.17) is 4.52 Å². The van der Waals surface area contributed by atoms with Gasteiger partial charge in [-0.1, -0.05) is 5.16 Å². The lowest BCUT2D eigenvalue weighted by molar-refractivity contribution is 0.259. The van der Waals surface area contributed by atoms with Crippen LogP contribution in [0.1, 0.15) is 30.2 Å². The summed E-state index contributed by atoms with van der Waals surface area (Å²) in [5.41, 5.74) is 0.418. The van der Waals surface area contributed by atoms with Gasteiger partial charge in [-0.2, -0.15) is 4.31 Å². The monoisotopic (exact) mass is 550 g/mol. The van der Waals surface area contributed by atoms with Crippen molar-refractivity contribution in [2.45, 2.75) is 38.1 Å². The summed E-state index contributed by atoms with van der Waals surface area (Å²) in [5, 5.41) is 15.6. The SMILES string of the molecule is CN=C(NCc1nnc2n1CCCC2)N1CCN(S(=O)(=O)Cc2ccon2)CC1.I. The molecular weight excluding hydrogens is 523 g/mol. The predicted molar refractivity (Wildman–Crippen MR) is 121 cm³/mol. The molecule has 0 unspecified atom stereocenters. The van der Waals surface area contributed by atoms with Crippen LogP contribution in [-0.2, 0) is 35.3 Å². The van der Waals surface area contributed by atoms with Gasteiger partial charge in [-0.25, -0.2) is 8.42 Å². The number of aliphatic imine (C=N–C) groups is 1. The molecule has 0 bridgehead atoms. The van der Waals surface area contributed by atoms with Crippen LogP contribution >= 0.6 is 24.0 Å². The highest BCUT2D eigenvalue weighted by molar-refractivity contribution is 14.0. The van der Waals surface area contributed by atoms with E-state index >= 15 is 0 Å². The molecule has 2 aromatic rings. The van der Waals surface area contributed by atoms with Crippen molar-refractivity contribution >= 4 is 40.0 Å². The minimum Gasteiger partial charge on any atom is -0.364 e. The number of hydrogen-bond donors (Lipinski definition) is 1. The molecule has 4 heterocycles. The fourth-order valence-corrected chi connectivity index (χ4v) is 5.18. The smallest absolute Gasteiger partial charge is 0.220 e. The number of piperazine rings is 1. The summed E-state index contributed by atoms with van der Waals surface area (Å²) in [7, 11) is -1.69. The Balaban J connectivity index is 0.00000256. The first kappa shape index (κ1) is 22.9. The highest BCUT2D eigenvalue weighted by Crippen LogP contribution is 2.15. The lowest BCUT2D eigenvalue weighted by Crippen LogP contribution is -2.53. The number of fused-ring (bicyclic) bond motifs is 1. The van der Waals surface area contributed by atoms with Crippen LogP contribution in [0.5, 0.6) is 0 Å². The summed E-state index contributed by atoms with van der Waals surface area (Å²) in [6, 6.07) is 1.57. The van der Waals surface area contributed by atoms with Crippen molar-refractivity contribution in [2.75, 3.05) is 33.2 Å². The third-order valence-electron chi connectivity index (χ3n) is 5.31. The molecule has 2 aliphatic rings. The Bertz CT molecular complexity index is 952. The van der Waals surface area contributed by atoms with Gasteiger partial charge < -0.3 is 19.3 Å². The molecule has 0 radical (unpaired) electrons. The van der Waals surface area contributed by atoms with E-state index in [0.717, 1.165) is 43.4 Å². The van der Waals surface area contributed by atoms with Crippen molar-refractivity contribution in [2.24, 2.45) is 4.99 Å². The van der Waals surface area contributed by atoms with Crippen molar-refractivity contribution in [1.29, 1.82) is 0 Å². The van der Waals surface area contributed by atoms with Gasteiger partial charge in [0.15, 0.2) is 11.8 Å². The number of nitrogens with one attached hydrogen (secondary N) is 1. The summed E-state index contributed by atoms with van der Waals surface area (Å²) in [4.78, 5) is 6.42. The van der Waals surface area contributed by atoms with Gasteiger partial charge in [-0.3, -0.25) is 4.99 Å². The maximum Gasteiger partial charge on any atom is 0.220 e. The fourth-order valence-electron chi connectivity index (χ4n) is 3.76. The first-order chi connectivity index (χ1) is 14.1. The Morgan fingerprint density at radius 1 is 1.20 bits per heavy atom. The molecule has 1 fully saturated rings. The van der Waals surface area contributed by atoms with Crippen molar-refractivity contribution in [3.8, 4) is 0 Å². The Labute approximate surface area is 193 Å². The molecule has 1 saturated heterocycles. The molecule has 2 aliphatic heterocycles. The van der Waals surface area contributed by atoms with Crippen LogP contribution in [0.25, 0.3) is 0 Å². The van der Waals surface area contributed by atoms with Gasteiger partial charge in [0.2, 0.25) is 10.0 Å². The van der Waals surface area contributed by atoms with Gasteiger partial charge in [0.25, 0.3) is 0 Å². The molecule has 166 valence electrons. The normalized spacial score (nSPS) is 18.0. The van der Waals surface area contributed by atoms with Crippen LogP contribution in [0.15, 0.2) is 21.8 Å². The van der Waals surface area contributed by atoms with Crippen LogP contribution in [0.2, 0.25) is 0 Å². The van der Waals surface area contributed by atoms with Gasteiger partial charge in [-0.15, -0.1) is 34.2 Å². The fraction of sp³-hybridized carbons (Fsp3) is 0.647. The highest BCUT2D eigenvalue weighted by atomic mass is 127. The predicted octanol–water partition coefficient (Wildman–Crippen LogP) is 0.443. The number of halogens is 1. The summed E-state index contributed by atoms with van der Waals surface area (Å²) < 4.78 is 33.6. The van der Waals surface area contributed by atoms with Gasteiger partial charge in [0.1, 0.15) is 17.8 Å². The van der Waals surface area contributed by atoms with E-state index < -0.39 is 10.0 Å². The van der Waals surface area contributed by atoms with Crippen molar-refractivity contribution in [3.63, 3.8) is 0 Å². The van der Waals surface area contributed by atoms with Crippen LogP contribution in [-0.4, -0.2) is 76.7 Å². The summed E-state index contributed by atoms with van der Waals surface area (Å²) in [5.74, 6) is 2.56. The standard InChI is InChI=1S/C17H26N8O3S.HI/c1-18-17(19-12-16-21-20-15-4-2-3-6-25(15)16)23-7-9-24(10-8-23)29(26,27)13-14-5-11-28-22-14;/h5,11H,2-4,6-10,12-13H2,1H3,(H,18,19);1H. The second kappa shape index (κ2) is 10.0. The Kier molecular flexibility index (Phi) is 7.68. The quantitative estimate of drug-likeness (QED) is 0.324. The molecule has 0 spiro atoms. The molecule has 11 nitrogen and oxygen atoms in total. The largest absolute Gasteiger partial charge is 0.364 e. The number of hydrogen-bond acceptors (Lipinski definition) is 7. The maximum absolute atomic E-state index is 12.6. The molecule has 13 heteroatoms. The zero-order valence-electron chi connectivity index (χ0n) is 16.9. The zero-order chi connectivity index (χ0) is 20.3. The number of aromatic nitrogens is 4. The minimum atomic E-state index is -3.42. The van der Waals surface area contributed by atoms with E-state index in [1.165, 1.54) is 10.6 Å². The second-order valence-electron chi connectivity index (χ2n) is 7.18. The number of nitrogens with zero attached hydrogens (tertiary/aromatic N) is 7. The van der Waals surface area contributed by atoms with E-state index in [1.54, 1.807) is 13.1 Å². The number of sulfonamides is 1. The van der Waals surface area contributed by atoms with Crippen molar-refractivity contribution in [3.05, 3.63) is 29.7 Å². The molecule has 30 heavy (non-hydrogen) atoms. The van der Waals surface area contributed by atoms with Crippen molar-refractivity contribution in [1.82, 2.24) is 34.4 Å². The molecule has 1 N–H and O–H groups in total. The van der Waals surface area contributed by atoms with Gasteiger partial charge in [-0.05, 0) is 12.8 Å². The van der Waals surface area contributed by atoms with E-state index in [1.807, 2.05) is 0 Å². The summed E-state index contributed by atoms with van der Waals surface area (Å²) in [6.45, 7) is 3.44. The Morgan fingerprint density at radius 2 is 2.00 bits per heavy atom. The molecular formula is C17H27IN8O3S. The van der Waals surface area contributed by atoms with E-state index in [0.29, 0.717) is 38.4 Å². The van der Waals surface area contributed by atoms with Crippen LogP contribution in [0, 0.1) is 0 Å².